The number of alkyl halides is 3. The number of pyridine rings is 1. The zero-order valence-electron chi connectivity index (χ0n) is 15.3. The van der Waals surface area contributed by atoms with Crippen LogP contribution in [0.1, 0.15) is 11.3 Å². The molecular formula is C22H16BrF3N2O. The number of nitrogens with zero attached hydrogens (tertiary/aromatic N) is 2. The second kappa shape index (κ2) is 9.05. The Morgan fingerprint density at radius 2 is 1.41 bits per heavy atom. The third-order valence-corrected chi connectivity index (χ3v) is 4.47. The van der Waals surface area contributed by atoms with E-state index in [0.29, 0.717) is 22.9 Å². The molecular weight excluding hydrogens is 445 g/mol. The van der Waals surface area contributed by atoms with Crippen LogP contribution < -0.4 is 0 Å². The van der Waals surface area contributed by atoms with Crippen molar-refractivity contribution in [3.05, 3.63) is 94.9 Å². The van der Waals surface area contributed by atoms with Crippen LogP contribution in [0.5, 0.6) is 0 Å². The van der Waals surface area contributed by atoms with Gasteiger partial charge in [-0.2, -0.15) is 13.2 Å². The third-order valence-electron chi connectivity index (χ3n) is 3.94. The number of rotatable bonds is 2. The highest BCUT2D eigenvalue weighted by Gasteiger charge is 2.30. The van der Waals surface area contributed by atoms with Crippen molar-refractivity contribution in [1.29, 1.82) is 0 Å². The number of hydrogen-bond acceptors (Lipinski definition) is 3. The number of benzene rings is 2. The van der Waals surface area contributed by atoms with Crippen LogP contribution in [0.3, 0.4) is 0 Å². The summed E-state index contributed by atoms with van der Waals surface area (Å²) in [4.78, 5) is 8.19. The molecule has 0 unspecified atom stereocenters. The highest BCUT2D eigenvalue weighted by atomic mass is 79.9. The topological polar surface area (TPSA) is 38.9 Å². The first-order valence-corrected chi connectivity index (χ1v) is 9.40. The minimum absolute atomic E-state index is 0.300. The molecule has 2 heterocycles. The Labute approximate surface area is 174 Å². The molecule has 7 heteroatoms. The summed E-state index contributed by atoms with van der Waals surface area (Å²) >= 11 is 3.37. The van der Waals surface area contributed by atoms with Crippen LogP contribution in [0.15, 0.2) is 88.0 Å². The van der Waals surface area contributed by atoms with Crippen LogP contribution in [-0.4, -0.2) is 9.97 Å². The minimum Gasteiger partial charge on any atom is -0.441 e. The molecule has 0 atom stereocenters. The van der Waals surface area contributed by atoms with Gasteiger partial charge in [0.1, 0.15) is 11.5 Å². The Morgan fingerprint density at radius 1 is 0.828 bits per heavy atom. The molecule has 0 radical (unpaired) electrons. The van der Waals surface area contributed by atoms with E-state index >= 15 is 0 Å². The fourth-order valence-corrected chi connectivity index (χ4v) is 2.77. The summed E-state index contributed by atoms with van der Waals surface area (Å²) in [6, 6.07) is 18.0. The van der Waals surface area contributed by atoms with Crippen LogP contribution in [0, 0.1) is 6.92 Å². The van der Waals surface area contributed by atoms with Crippen LogP contribution in [0.4, 0.5) is 13.2 Å². The van der Waals surface area contributed by atoms with E-state index in [-0.39, 0.29) is 0 Å². The second-order valence-electron chi connectivity index (χ2n) is 6.03. The van der Waals surface area contributed by atoms with Crippen LogP contribution in [0.25, 0.3) is 22.7 Å². The standard InChI is InChI=1S/C17H11BrF3NO.C5H5N/c1-10-15(11-4-8-14(18)9-5-11)22-16(23-10)12-2-6-13(7-3-12)17(19,20)21;1-2-4-6-5-3-1/h2-9H,1H3;1-5H. The highest BCUT2D eigenvalue weighted by molar-refractivity contribution is 9.10. The van der Waals surface area contributed by atoms with Gasteiger partial charge in [0.2, 0.25) is 5.89 Å². The molecule has 0 amide bonds. The smallest absolute Gasteiger partial charge is 0.416 e. The quantitative estimate of drug-likeness (QED) is 0.318. The average molecular weight is 461 g/mol. The summed E-state index contributed by atoms with van der Waals surface area (Å²) in [6.07, 6.45) is -0.854. The maximum atomic E-state index is 12.6. The van der Waals surface area contributed by atoms with Gasteiger partial charge in [-0.1, -0.05) is 34.1 Å². The van der Waals surface area contributed by atoms with Gasteiger partial charge in [-0.3, -0.25) is 4.98 Å². The molecule has 0 fully saturated rings. The third kappa shape index (κ3) is 5.54. The normalized spacial score (nSPS) is 10.9. The molecule has 0 N–H and O–H groups in total. The summed E-state index contributed by atoms with van der Waals surface area (Å²) in [5.74, 6) is 0.913. The van der Waals surface area contributed by atoms with E-state index in [4.69, 9.17) is 4.42 Å². The van der Waals surface area contributed by atoms with Gasteiger partial charge in [-0.25, -0.2) is 4.98 Å². The summed E-state index contributed by atoms with van der Waals surface area (Å²) in [5.41, 5.74) is 1.36. The number of halogens is 4. The largest absolute Gasteiger partial charge is 0.441 e. The molecule has 0 saturated heterocycles. The van der Waals surface area contributed by atoms with Gasteiger partial charge in [-0.15, -0.1) is 0 Å². The molecule has 4 aromatic rings. The SMILES string of the molecule is Cc1oc(-c2ccc(C(F)(F)F)cc2)nc1-c1ccc(Br)cc1.c1ccncc1. The zero-order valence-corrected chi connectivity index (χ0v) is 16.9. The van der Waals surface area contributed by atoms with Crippen molar-refractivity contribution in [2.45, 2.75) is 13.1 Å². The fraction of sp³-hybridized carbons (Fsp3) is 0.0909. The molecule has 0 aliphatic carbocycles. The molecule has 0 bridgehead atoms. The first-order valence-electron chi connectivity index (χ1n) is 8.60. The maximum absolute atomic E-state index is 12.6. The summed E-state index contributed by atoms with van der Waals surface area (Å²) in [5, 5.41) is 0. The number of oxazole rings is 1. The Hall–Kier alpha value is -2.93. The lowest BCUT2D eigenvalue weighted by Gasteiger charge is -2.06. The molecule has 4 rings (SSSR count). The summed E-state index contributed by atoms with van der Waals surface area (Å²) in [7, 11) is 0. The Bertz CT molecular complexity index is 1020. The lowest BCUT2D eigenvalue weighted by atomic mass is 10.1. The molecule has 0 aliphatic heterocycles. The Balaban J connectivity index is 0.000000343. The van der Waals surface area contributed by atoms with Gasteiger partial charge in [0.25, 0.3) is 0 Å². The Morgan fingerprint density at radius 3 is 1.90 bits per heavy atom. The van der Waals surface area contributed by atoms with Gasteiger partial charge >= 0.3 is 6.18 Å². The predicted octanol–water partition coefficient (Wildman–Crippen LogP) is 7.18. The second-order valence-corrected chi connectivity index (χ2v) is 6.95. The van der Waals surface area contributed by atoms with E-state index in [2.05, 4.69) is 25.9 Å². The first-order chi connectivity index (χ1) is 13.8. The number of aryl methyl sites for hydroxylation is 1. The zero-order chi connectivity index (χ0) is 20.9. The maximum Gasteiger partial charge on any atom is 0.416 e. The Kier molecular flexibility index (Phi) is 6.49. The minimum atomic E-state index is -4.35. The van der Waals surface area contributed by atoms with Crippen molar-refractivity contribution in [3.8, 4) is 22.7 Å². The highest BCUT2D eigenvalue weighted by Crippen LogP contribution is 2.33. The fourth-order valence-electron chi connectivity index (χ4n) is 2.51. The van der Waals surface area contributed by atoms with Crippen molar-refractivity contribution in [3.63, 3.8) is 0 Å². The van der Waals surface area contributed by atoms with Gasteiger partial charge < -0.3 is 4.42 Å². The molecule has 0 spiro atoms. The van der Waals surface area contributed by atoms with Crippen LogP contribution >= 0.6 is 15.9 Å². The summed E-state index contributed by atoms with van der Waals surface area (Å²) < 4.78 is 44.4. The predicted molar refractivity (Wildman–Crippen MR) is 109 cm³/mol. The van der Waals surface area contributed by atoms with E-state index in [9.17, 15) is 13.2 Å². The van der Waals surface area contributed by atoms with E-state index < -0.39 is 11.7 Å². The summed E-state index contributed by atoms with van der Waals surface area (Å²) in [6.45, 7) is 1.78. The number of aromatic nitrogens is 2. The van der Waals surface area contributed by atoms with E-state index in [1.165, 1.54) is 12.1 Å². The average Bonchev–Trinajstić information content (AvgIpc) is 3.11. The molecule has 0 saturated carbocycles. The molecule has 148 valence electrons. The molecule has 3 nitrogen and oxygen atoms in total. The lowest BCUT2D eigenvalue weighted by molar-refractivity contribution is -0.137. The molecule has 29 heavy (non-hydrogen) atoms. The molecule has 2 aromatic heterocycles. The van der Waals surface area contributed by atoms with Gasteiger partial charge in [0.15, 0.2) is 0 Å². The molecule has 0 aliphatic rings. The van der Waals surface area contributed by atoms with Gasteiger partial charge in [0.05, 0.1) is 5.56 Å². The van der Waals surface area contributed by atoms with Crippen molar-refractivity contribution in [2.75, 3.05) is 0 Å². The monoisotopic (exact) mass is 460 g/mol. The first kappa shape index (κ1) is 20.8. The van der Waals surface area contributed by atoms with Gasteiger partial charge in [-0.05, 0) is 55.5 Å². The van der Waals surface area contributed by atoms with Crippen LogP contribution in [0.2, 0.25) is 0 Å². The number of hydrogen-bond donors (Lipinski definition) is 0. The lowest BCUT2D eigenvalue weighted by Crippen LogP contribution is -2.03. The van der Waals surface area contributed by atoms with E-state index in [1.807, 2.05) is 42.5 Å². The van der Waals surface area contributed by atoms with E-state index in [0.717, 1.165) is 22.2 Å². The molecule has 2 aromatic carbocycles. The van der Waals surface area contributed by atoms with Crippen molar-refractivity contribution >= 4 is 15.9 Å². The van der Waals surface area contributed by atoms with Crippen LogP contribution in [-0.2, 0) is 6.18 Å². The van der Waals surface area contributed by atoms with Crippen molar-refractivity contribution < 1.29 is 17.6 Å². The van der Waals surface area contributed by atoms with Crippen molar-refractivity contribution in [2.24, 2.45) is 0 Å². The van der Waals surface area contributed by atoms with E-state index in [1.54, 1.807) is 19.3 Å². The van der Waals surface area contributed by atoms with Crippen molar-refractivity contribution in [1.82, 2.24) is 9.97 Å². The van der Waals surface area contributed by atoms with Gasteiger partial charge in [0, 0.05) is 28.0 Å².